The summed E-state index contributed by atoms with van der Waals surface area (Å²) in [6, 6.07) is 3.89. The Morgan fingerprint density at radius 3 is 2.57 bits per heavy atom. The Morgan fingerprint density at radius 2 is 1.78 bits per heavy atom. The molecule has 1 atom stereocenters. The highest BCUT2D eigenvalue weighted by molar-refractivity contribution is 6.22. The van der Waals surface area contributed by atoms with Crippen molar-refractivity contribution in [3.8, 4) is 0 Å². The van der Waals surface area contributed by atoms with Crippen LogP contribution in [-0.2, 0) is 18.3 Å². The van der Waals surface area contributed by atoms with E-state index in [1.165, 1.54) is 28.8 Å². The highest BCUT2D eigenvalue weighted by Gasteiger charge is 2.43. The van der Waals surface area contributed by atoms with Crippen LogP contribution in [0.1, 0.15) is 68.5 Å². The van der Waals surface area contributed by atoms with Gasteiger partial charge in [0.2, 0.25) is 0 Å². The summed E-state index contributed by atoms with van der Waals surface area (Å²) in [5.41, 5.74) is 5.92. The van der Waals surface area contributed by atoms with Gasteiger partial charge in [-0.25, -0.2) is 0 Å². The molecule has 0 N–H and O–H groups in total. The first-order valence-corrected chi connectivity index (χ1v) is 8.12. The average molecular weight is 304 g/mol. The Kier molecular flexibility index (Phi) is 2.33. The molecule has 3 aliphatic rings. The molecule has 114 valence electrons. The predicted octanol–water partition coefficient (Wildman–Crippen LogP) is 3.76. The lowest BCUT2D eigenvalue weighted by Crippen LogP contribution is -2.34. The number of rotatable bonds is 0. The van der Waals surface area contributed by atoms with Gasteiger partial charge in [0, 0.05) is 28.5 Å². The molecule has 3 nitrogen and oxygen atoms in total. The van der Waals surface area contributed by atoms with Gasteiger partial charge in [-0.1, -0.05) is 6.92 Å². The number of ketones is 2. The van der Waals surface area contributed by atoms with E-state index in [1.54, 1.807) is 0 Å². The molecule has 0 fully saturated rings. The number of hydrogen-bond acceptors (Lipinski definition) is 3. The van der Waals surface area contributed by atoms with Crippen molar-refractivity contribution in [3.05, 3.63) is 69.7 Å². The lowest BCUT2D eigenvalue weighted by atomic mass is 9.62. The Bertz CT molecular complexity index is 929. The molecule has 0 radical (unpaired) electrons. The number of hydrogen-bond donors (Lipinski definition) is 0. The van der Waals surface area contributed by atoms with E-state index >= 15 is 0 Å². The summed E-state index contributed by atoms with van der Waals surface area (Å²) < 4.78 is 5.84. The predicted molar refractivity (Wildman–Crippen MR) is 85.1 cm³/mol. The molecular weight excluding hydrogens is 288 g/mol. The van der Waals surface area contributed by atoms with Crippen molar-refractivity contribution < 1.29 is 14.0 Å². The molecule has 23 heavy (non-hydrogen) atoms. The lowest BCUT2D eigenvalue weighted by Gasteiger charge is -2.40. The fourth-order valence-corrected chi connectivity index (χ4v) is 4.66. The summed E-state index contributed by atoms with van der Waals surface area (Å²) >= 11 is 0. The van der Waals surface area contributed by atoms with Crippen LogP contribution in [0.2, 0.25) is 0 Å². The van der Waals surface area contributed by atoms with Gasteiger partial charge in [0.15, 0.2) is 11.6 Å². The minimum absolute atomic E-state index is 0.0694. The van der Waals surface area contributed by atoms with Gasteiger partial charge < -0.3 is 4.42 Å². The first-order valence-electron chi connectivity index (χ1n) is 8.12. The van der Waals surface area contributed by atoms with Crippen molar-refractivity contribution >= 4 is 11.6 Å². The first-order chi connectivity index (χ1) is 11.1. The summed E-state index contributed by atoms with van der Waals surface area (Å²) in [5, 5.41) is 0. The van der Waals surface area contributed by atoms with Gasteiger partial charge in [0.05, 0.1) is 6.26 Å². The molecule has 1 unspecified atom stereocenters. The molecule has 5 rings (SSSR count). The third kappa shape index (κ3) is 1.55. The topological polar surface area (TPSA) is 47.3 Å². The number of furan rings is 1. The lowest BCUT2D eigenvalue weighted by molar-refractivity contribution is 0.0994. The highest BCUT2D eigenvalue weighted by Crippen LogP contribution is 2.50. The van der Waals surface area contributed by atoms with E-state index < -0.39 is 0 Å². The zero-order valence-corrected chi connectivity index (χ0v) is 12.9. The van der Waals surface area contributed by atoms with Gasteiger partial charge in [-0.15, -0.1) is 0 Å². The van der Waals surface area contributed by atoms with Crippen LogP contribution in [0.4, 0.5) is 0 Å². The SMILES string of the molecule is CC12CCCc3coc(c31)Cc1cc3c(cc12)C(=O)C=CC3=O. The van der Waals surface area contributed by atoms with E-state index in [4.69, 9.17) is 4.42 Å². The Morgan fingerprint density at radius 1 is 1.04 bits per heavy atom. The molecule has 0 spiro atoms. The van der Waals surface area contributed by atoms with Crippen LogP contribution in [-0.4, -0.2) is 11.6 Å². The standard InChI is InChI=1S/C20H16O3/c1-20-6-2-3-11-10-23-18(19(11)20)8-12-7-13-14(9-15(12)20)17(22)5-4-16(13)21/h4-5,7,9-10H,2-3,6,8H2,1H3. The fourth-order valence-electron chi connectivity index (χ4n) is 4.66. The molecule has 1 heterocycles. The summed E-state index contributed by atoms with van der Waals surface area (Å²) in [5.74, 6) is 0.877. The van der Waals surface area contributed by atoms with Crippen LogP contribution in [0.3, 0.4) is 0 Å². The monoisotopic (exact) mass is 304 g/mol. The van der Waals surface area contributed by atoms with Crippen molar-refractivity contribution in [1.82, 2.24) is 0 Å². The third-order valence-corrected chi connectivity index (χ3v) is 5.72. The first kappa shape index (κ1) is 13.1. The van der Waals surface area contributed by atoms with Crippen LogP contribution >= 0.6 is 0 Å². The molecule has 0 saturated heterocycles. The maximum absolute atomic E-state index is 12.2. The molecule has 0 bridgehead atoms. The van der Waals surface area contributed by atoms with Crippen LogP contribution in [0.25, 0.3) is 0 Å². The highest BCUT2D eigenvalue weighted by atomic mass is 16.3. The van der Waals surface area contributed by atoms with Crippen molar-refractivity contribution in [2.24, 2.45) is 0 Å². The second-order valence-electron chi connectivity index (χ2n) is 7.04. The fraction of sp³-hybridized carbons (Fsp3) is 0.300. The Balaban J connectivity index is 1.81. The smallest absolute Gasteiger partial charge is 0.186 e. The quantitative estimate of drug-likeness (QED) is 0.744. The molecule has 1 aromatic heterocycles. The van der Waals surface area contributed by atoms with E-state index in [1.807, 2.05) is 18.4 Å². The van der Waals surface area contributed by atoms with Crippen molar-refractivity contribution in [2.75, 3.05) is 0 Å². The van der Waals surface area contributed by atoms with E-state index in [0.717, 1.165) is 30.6 Å². The summed E-state index contributed by atoms with van der Waals surface area (Å²) in [6.45, 7) is 2.25. The number of fused-ring (bicyclic) bond motifs is 3. The maximum atomic E-state index is 12.2. The minimum atomic E-state index is -0.108. The minimum Gasteiger partial charge on any atom is -0.468 e. The normalized spacial score (nSPS) is 24.2. The summed E-state index contributed by atoms with van der Waals surface area (Å²) in [4.78, 5) is 24.4. The molecule has 0 amide bonds. The average Bonchev–Trinajstić information content (AvgIpc) is 2.95. The molecule has 3 heteroatoms. The largest absolute Gasteiger partial charge is 0.468 e. The van der Waals surface area contributed by atoms with Gasteiger partial charge in [0.1, 0.15) is 5.76 Å². The Hall–Kier alpha value is -2.42. The van der Waals surface area contributed by atoms with Crippen LogP contribution in [0.15, 0.2) is 35.0 Å². The second-order valence-corrected chi connectivity index (χ2v) is 7.04. The number of benzene rings is 1. The molecule has 3 aliphatic carbocycles. The zero-order chi connectivity index (χ0) is 15.8. The molecule has 0 aliphatic heterocycles. The summed E-state index contributed by atoms with van der Waals surface area (Å²) in [7, 11) is 0. The number of aryl methyl sites for hydroxylation is 1. The van der Waals surface area contributed by atoms with Gasteiger partial charge in [0.25, 0.3) is 0 Å². The van der Waals surface area contributed by atoms with Gasteiger partial charge in [-0.05, 0) is 60.2 Å². The second kappa shape index (κ2) is 4.10. The van der Waals surface area contributed by atoms with E-state index in [9.17, 15) is 9.59 Å². The third-order valence-electron chi connectivity index (χ3n) is 5.72. The maximum Gasteiger partial charge on any atom is 0.186 e. The molecule has 0 saturated carbocycles. The van der Waals surface area contributed by atoms with Crippen molar-refractivity contribution in [3.63, 3.8) is 0 Å². The van der Waals surface area contributed by atoms with Crippen LogP contribution in [0, 0.1) is 0 Å². The van der Waals surface area contributed by atoms with Crippen molar-refractivity contribution in [1.29, 1.82) is 0 Å². The van der Waals surface area contributed by atoms with E-state index in [-0.39, 0.29) is 17.0 Å². The molecule has 1 aromatic carbocycles. The van der Waals surface area contributed by atoms with Crippen LogP contribution in [0.5, 0.6) is 0 Å². The van der Waals surface area contributed by atoms with E-state index in [0.29, 0.717) is 17.5 Å². The van der Waals surface area contributed by atoms with Gasteiger partial charge in [-0.3, -0.25) is 9.59 Å². The molecule has 2 aromatic rings. The zero-order valence-electron chi connectivity index (χ0n) is 12.9. The van der Waals surface area contributed by atoms with Crippen LogP contribution < -0.4 is 0 Å². The van der Waals surface area contributed by atoms with E-state index in [2.05, 4.69) is 6.92 Å². The van der Waals surface area contributed by atoms with Crippen molar-refractivity contribution in [2.45, 2.75) is 38.0 Å². The Labute approximate surface area is 134 Å². The number of carbonyl (C=O) groups excluding carboxylic acids is 2. The summed E-state index contributed by atoms with van der Waals surface area (Å²) in [6.07, 6.45) is 8.60. The molecular formula is C20H16O3. The van der Waals surface area contributed by atoms with Gasteiger partial charge >= 0.3 is 0 Å². The van der Waals surface area contributed by atoms with Gasteiger partial charge in [-0.2, -0.15) is 0 Å². The number of allylic oxidation sites excluding steroid dienone is 2. The number of carbonyl (C=O) groups is 2.